The molecule has 1 saturated heterocycles. The van der Waals surface area contributed by atoms with Crippen LogP contribution in [0, 0.1) is 0 Å². The molecule has 23 heavy (non-hydrogen) atoms. The molecule has 0 spiro atoms. The molecule has 7 nitrogen and oxygen atoms in total. The van der Waals surface area contributed by atoms with E-state index in [2.05, 4.69) is 9.82 Å². The van der Waals surface area contributed by atoms with Crippen molar-refractivity contribution in [3.63, 3.8) is 0 Å². The number of aromatic nitrogens is 2. The largest absolute Gasteiger partial charge is 0.468 e. The van der Waals surface area contributed by atoms with Gasteiger partial charge in [0.2, 0.25) is 0 Å². The van der Waals surface area contributed by atoms with E-state index >= 15 is 0 Å². The first kappa shape index (κ1) is 16.2. The lowest BCUT2D eigenvalue weighted by molar-refractivity contribution is 0.335. The van der Waals surface area contributed by atoms with Crippen LogP contribution in [0.2, 0.25) is 0 Å². The maximum Gasteiger partial charge on any atom is 0.280 e. The quantitative estimate of drug-likeness (QED) is 0.778. The van der Waals surface area contributed by atoms with Crippen LogP contribution in [-0.4, -0.2) is 35.6 Å². The lowest BCUT2D eigenvalue weighted by Crippen LogP contribution is -2.40. The van der Waals surface area contributed by atoms with Crippen molar-refractivity contribution in [2.75, 3.05) is 13.1 Å². The molecule has 0 amide bonds. The van der Waals surface area contributed by atoms with Gasteiger partial charge in [-0.3, -0.25) is 4.68 Å². The fourth-order valence-corrected chi connectivity index (χ4v) is 4.45. The van der Waals surface area contributed by atoms with Gasteiger partial charge in [0.1, 0.15) is 5.76 Å². The minimum Gasteiger partial charge on any atom is -0.468 e. The Balaban J connectivity index is 1.54. The molecule has 0 unspecified atom stereocenters. The topological polar surface area (TPSA) is 80.4 Å². The Hall–Kier alpha value is -1.64. The summed E-state index contributed by atoms with van der Waals surface area (Å²) in [5, 5.41) is 4.10. The molecule has 1 atom stereocenters. The van der Waals surface area contributed by atoms with Crippen LogP contribution < -0.4 is 4.72 Å². The summed E-state index contributed by atoms with van der Waals surface area (Å²) in [4.78, 5) is 0. The summed E-state index contributed by atoms with van der Waals surface area (Å²) in [6, 6.07) is 3.43. The van der Waals surface area contributed by atoms with Crippen LogP contribution in [-0.2, 0) is 23.7 Å². The maximum atomic E-state index is 12.5. The second kappa shape index (κ2) is 6.86. The van der Waals surface area contributed by atoms with Gasteiger partial charge in [-0.25, -0.2) is 4.72 Å². The lowest BCUT2D eigenvalue weighted by Gasteiger charge is -2.22. The van der Waals surface area contributed by atoms with E-state index in [1.54, 1.807) is 17.0 Å². The number of furan rings is 1. The highest BCUT2D eigenvalue weighted by Gasteiger charge is 2.36. The highest BCUT2D eigenvalue weighted by atomic mass is 32.2. The molecule has 1 aliphatic rings. The standard InChI is InChI=1S/C15H22N4O3S/c1-18-12-13(11-16-18)5-2-8-17-23(20,21)19-9-3-6-14(19)15-7-4-10-22-15/h4,7,10-12,14,17H,2-3,5-6,8-9H2,1H3/t14-/m0/s1. The molecule has 1 N–H and O–H groups in total. The summed E-state index contributed by atoms with van der Waals surface area (Å²) < 4.78 is 36.4. The normalized spacial score (nSPS) is 19.4. The molecule has 1 aliphatic heterocycles. The first-order chi connectivity index (χ1) is 11.1. The van der Waals surface area contributed by atoms with E-state index in [9.17, 15) is 8.42 Å². The monoisotopic (exact) mass is 338 g/mol. The van der Waals surface area contributed by atoms with Gasteiger partial charge in [-0.2, -0.15) is 17.8 Å². The van der Waals surface area contributed by atoms with Gasteiger partial charge in [0.25, 0.3) is 10.2 Å². The molecule has 2 aromatic rings. The van der Waals surface area contributed by atoms with E-state index in [4.69, 9.17) is 4.42 Å². The second-order valence-corrected chi connectivity index (χ2v) is 7.52. The average molecular weight is 338 g/mol. The van der Waals surface area contributed by atoms with Gasteiger partial charge in [0.15, 0.2) is 0 Å². The van der Waals surface area contributed by atoms with Crippen LogP contribution in [0.15, 0.2) is 35.2 Å². The van der Waals surface area contributed by atoms with Crippen LogP contribution >= 0.6 is 0 Å². The van der Waals surface area contributed by atoms with E-state index < -0.39 is 10.2 Å². The Labute approximate surface area is 136 Å². The zero-order valence-electron chi connectivity index (χ0n) is 13.2. The molecule has 3 rings (SSSR count). The molecule has 0 radical (unpaired) electrons. The van der Waals surface area contributed by atoms with Gasteiger partial charge in [-0.1, -0.05) is 0 Å². The predicted octanol–water partition coefficient (Wildman–Crippen LogP) is 1.62. The van der Waals surface area contributed by atoms with Gasteiger partial charge < -0.3 is 4.42 Å². The number of hydrogen-bond acceptors (Lipinski definition) is 4. The van der Waals surface area contributed by atoms with Crippen molar-refractivity contribution >= 4 is 10.2 Å². The molecular formula is C15H22N4O3S. The van der Waals surface area contributed by atoms with Gasteiger partial charge in [-0.15, -0.1) is 0 Å². The van der Waals surface area contributed by atoms with E-state index in [1.807, 2.05) is 25.5 Å². The highest BCUT2D eigenvalue weighted by molar-refractivity contribution is 7.87. The summed E-state index contributed by atoms with van der Waals surface area (Å²) in [6.45, 7) is 0.946. The third kappa shape index (κ3) is 3.82. The second-order valence-electron chi connectivity index (χ2n) is 5.81. The number of rotatable bonds is 7. The number of aryl methyl sites for hydroxylation is 2. The number of hydrogen-bond donors (Lipinski definition) is 1. The Morgan fingerprint density at radius 3 is 3.04 bits per heavy atom. The minimum absolute atomic E-state index is 0.194. The highest BCUT2D eigenvalue weighted by Crippen LogP contribution is 2.33. The molecule has 0 saturated carbocycles. The third-order valence-corrected chi connectivity index (χ3v) is 5.69. The van der Waals surface area contributed by atoms with E-state index in [0.29, 0.717) is 18.8 Å². The fraction of sp³-hybridized carbons (Fsp3) is 0.533. The molecule has 2 aromatic heterocycles. The SMILES string of the molecule is Cn1cc(CCCNS(=O)(=O)N2CCC[C@H]2c2ccco2)cn1. The van der Waals surface area contributed by atoms with Crippen molar-refractivity contribution in [1.82, 2.24) is 18.8 Å². The Morgan fingerprint density at radius 1 is 1.48 bits per heavy atom. The number of nitrogens with zero attached hydrogens (tertiary/aromatic N) is 3. The van der Waals surface area contributed by atoms with Crippen molar-refractivity contribution in [3.05, 3.63) is 42.1 Å². The first-order valence-corrected chi connectivity index (χ1v) is 9.27. The van der Waals surface area contributed by atoms with Gasteiger partial charge in [-0.05, 0) is 43.4 Å². The zero-order chi connectivity index (χ0) is 16.3. The zero-order valence-corrected chi connectivity index (χ0v) is 14.0. The Morgan fingerprint density at radius 2 is 2.35 bits per heavy atom. The summed E-state index contributed by atoms with van der Waals surface area (Å²) >= 11 is 0. The van der Waals surface area contributed by atoms with E-state index in [1.165, 1.54) is 4.31 Å². The van der Waals surface area contributed by atoms with Crippen LogP contribution in [0.25, 0.3) is 0 Å². The first-order valence-electron chi connectivity index (χ1n) is 7.83. The van der Waals surface area contributed by atoms with Crippen molar-refractivity contribution < 1.29 is 12.8 Å². The fourth-order valence-electron chi connectivity index (χ4n) is 2.97. The van der Waals surface area contributed by atoms with Crippen molar-refractivity contribution in [2.45, 2.75) is 31.7 Å². The molecular weight excluding hydrogens is 316 g/mol. The van der Waals surface area contributed by atoms with Crippen molar-refractivity contribution in [2.24, 2.45) is 7.05 Å². The van der Waals surface area contributed by atoms with Crippen LogP contribution in [0.1, 0.15) is 36.6 Å². The van der Waals surface area contributed by atoms with E-state index in [-0.39, 0.29) is 6.04 Å². The average Bonchev–Trinajstić information content (AvgIpc) is 3.24. The minimum atomic E-state index is -3.48. The van der Waals surface area contributed by atoms with Gasteiger partial charge in [0, 0.05) is 26.3 Å². The van der Waals surface area contributed by atoms with Crippen molar-refractivity contribution in [1.29, 1.82) is 0 Å². The smallest absolute Gasteiger partial charge is 0.280 e. The van der Waals surface area contributed by atoms with Gasteiger partial charge in [0.05, 0.1) is 18.5 Å². The third-order valence-electron chi connectivity index (χ3n) is 4.07. The Kier molecular flexibility index (Phi) is 4.84. The summed E-state index contributed by atoms with van der Waals surface area (Å²) in [7, 11) is -1.61. The molecule has 126 valence electrons. The lowest BCUT2D eigenvalue weighted by atomic mass is 10.2. The predicted molar refractivity (Wildman–Crippen MR) is 85.8 cm³/mol. The number of nitrogens with one attached hydrogen (secondary N) is 1. The summed E-state index contributed by atoms with van der Waals surface area (Å²) in [5.41, 5.74) is 1.11. The van der Waals surface area contributed by atoms with Crippen LogP contribution in [0.4, 0.5) is 0 Å². The Bertz CT molecular complexity index is 724. The van der Waals surface area contributed by atoms with Crippen LogP contribution in [0.5, 0.6) is 0 Å². The molecule has 1 fully saturated rings. The van der Waals surface area contributed by atoms with E-state index in [0.717, 1.165) is 31.2 Å². The molecule has 3 heterocycles. The molecule has 8 heteroatoms. The molecule has 0 bridgehead atoms. The van der Waals surface area contributed by atoms with Gasteiger partial charge >= 0.3 is 0 Å². The molecule has 0 aromatic carbocycles. The summed E-state index contributed by atoms with van der Waals surface area (Å²) in [5.74, 6) is 0.711. The maximum absolute atomic E-state index is 12.5. The molecule has 0 aliphatic carbocycles. The van der Waals surface area contributed by atoms with Crippen molar-refractivity contribution in [3.8, 4) is 0 Å². The summed E-state index contributed by atoms with van der Waals surface area (Å²) in [6.07, 6.45) is 8.53. The van der Waals surface area contributed by atoms with Crippen LogP contribution in [0.3, 0.4) is 0 Å².